The summed E-state index contributed by atoms with van der Waals surface area (Å²) >= 11 is 1.57. The average molecular weight is 341 g/mol. The summed E-state index contributed by atoms with van der Waals surface area (Å²) in [6.07, 6.45) is -0.679. The highest BCUT2D eigenvalue weighted by Crippen LogP contribution is 2.35. The van der Waals surface area contributed by atoms with Crippen LogP contribution >= 0.6 is 11.3 Å². The fourth-order valence-corrected chi connectivity index (χ4v) is 3.51. The lowest BCUT2D eigenvalue weighted by atomic mass is 10.2. The van der Waals surface area contributed by atoms with Gasteiger partial charge in [-0.2, -0.15) is 0 Å². The van der Waals surface area contributed by atoms with E-state index < -0.39 is 12.1 Å². The van der Waals surface area contributed by atoms with Crippen molar-refractivity contribution in [3.8, 4) is 16.3 Å². The monoisotopic (exact) mass is 341 g/mol. The van der Waals surface area contributed by atoms with Gasteiger partial charge in [-0.1, -0.05) is 24.3 Å². The number of para-hydroxylation sites is 2. The molecular formula is C18H15NO4S. The van der Waals surface area contributed by atoms with Gasteiger partial charge in [0.15, 0.2) is 6.10 Å². The third-order valence-electron chi connectivity index (χ3n) is 3.70. The molecule has 0 N–H and O–H groups in total. The zero-order valence-corrected chi connectivity index (χ0v) is 13.6. The maximum Gasteiger partial charge on any atom is 0.343 e. The van der Waals surface area contributed by atoms with Gasteiger partial charge in [-0.25, -0.2) is 9.78 Å². The van der Waals surface area contributed by atoms with Crippen LogP contribution in [0, 0.1) is 0 Å². The maximum absolute atomic E-state index is 12.3. The average Bonchev–Trinajstić information content (AvgIpc) is 3.07. The lowest BCUT2D eigenvalue weighted by Gasteiger charge is -2.21. The molecule has 1 fully saturated rings. The maximum atomic E-state index is 12.3. The van der Waals surface area contributed by atoms with Crippen LogP contribution in [0.1, 0.15) is 0 Å². The first-order chi connectivity index (χ1) is 11.8. The molecule has 0 radical (unpaired) electrons. The van der Waals surface area contributed by atoms with Crippen LogP contribution in [-0.4, -0.2) is 36.9 Å². The quantitative estimate of drug-likeness (QED) is 0.540. The molecule has 122 valence electrons. The summed E-state index contributed by atoms with van der Waals surface area (Å²) in [6, 6.07) is 15.3. The molecule has 1 aliphatic heterocycles. The van der Waals surface area contributed by atoms with E-state index in [0.29, 0.717) is 19.0 Å². The Morgan fingerprint density at radius 2 is 1.96 bits per heavy atom. The van der Waals surface area contributed by atoms with Gasteiger partial charge in [0, 0.05) is 0 Å². The van der Waals surface area contributed by atoms with Gasteiger partial charge in [0.2, 0.25) is 0 Å². The van der Waals surface area contributed by atoms with Crippen LogP contribution in [0.5, 0.6) is 5.75 Å². The predicted molar refractivity (Wildman–Crippen MR) is 91.3 cm³/mol. The van der Waals surface area contributed by atoms with Crippen LogP contribution in [0.4, 0.5) is 0 Å². The van der Waals surface area contributed by atoms with Crippen molar-refractivity contribution in [3.63, 3.8) is 0 Å². The predicted octanol–water partition coefficient (Wildman–Crippen LogP) is 3.28. The number of nitrogens with zero attached hydrogens (tertiary/aromatic N) is 1. The van der Waals surface area contributed by atoms with Crippen molar-refractivity contribution in [1.82, 2.24) is 4.98 Å². The molecule has 0 spiro atoms. The molecule has 1 atom stereocenters. The number of esters is 1. The number of hydrogen-bond acceptors (Lipinski definition) is 6. The first-order valence-electron chi connectivity index (χ1n) is 7.67. The number of carbonyl (C=O) groups excluding carboxylic acids is 1. The molecule has 0 saturated carbocycles. The summed E-state index contributed by atoms with van der Waals surface area (Å²) in [6.45, 7) is 1.13. The van der Waals surface area contributed by atoms with Crippen molar-refractivity contribution in [1.29, 1.82) is 0 Å². The number of benzene rings is 2. The van der Waals surface area contributed by atoms with Crippen LogP contribution in [0.2, 0.25) is 0 Å². The smallest absolute Gasteiger partial charge is 0.343 e. The Labute approximate surface area is 142 Å². The number of rotatable bonds is 3. The number of aromatic nitrogens is 1. The Morgan fingerprint density at radius 3 is 2.79 bits per heavy atom. The van der Waals surface area contributed by atoms with Crippen molar-refractivity contribution >= 4 is 27.5 Å². The molecule has 1 aromatic heterocycles. The van der Waals surface area contributed by atoms with Gasteiger partial charge in [-0.15, -0.1) is 11.3 Å². The molecule has 24 heavy (non-hydrogen) atoms. The minimum atomic E-state index is -0.679. The van der Waals surface area contributed by atoms with Crippen molar-refractivity contribution in [2.75, 3.05) is 19.8 Å². The SMILES string of the molecule is O=C(Oc1ccccc1-c1nc2ccccc2s1)C1COCCO1. The van der Waals surface area contributed by atoms with E-state index in [2.05, 4.69) is 4.98 Å². The summed E-state index contributed by atoms with van der Waals surface area (Å²) in [5.41, 5.74) is 1.73. The van der Waals surface area contributed by atoms with E-state index in [9.17, 15) is 4.79 Å². The summed E-state index contributed by atoms with van der Waals surface area (Å²) in [7, 11) is 0. The fourth-order valence-electron chi connectivity index (χ4n) is 2.52. The normalized spacial score (nSPS) is 17.8. The molecule has 2 aromatic carbocycles. The molecular weight excluding hydrogens is 326 g/mol. The van der Waals surface area contributed by atoms with Gasteiger partial charge in [-0.3, -0.25) is 0 Å². The van der Waals surface area contributed by atoms with Crippen molar-refractivity contribution in [3.05, 3.63) is 48.5 Å². The Hall–Kier alpha value is -2.28. The van der Waals surface area contributed by atoms with E-state index >= 15 is 0 Å². The summed E-state index contributed by atoms with van der Waals surface area (Å²) in [4.78, 5) is 16.9. The van der Waals surface area contributed by atoms with Crippen LogP contribution < -0.4 is 4.74 Å². The highest BCUT2D eigenvalue weighted by Gasteiger charge is 2.25. The molecule has 0 aliphatic carbocycles. The molecule has 0 bridgehead atoms. The first-order valence-corrected chi connectivity index (χ1v) is 8.49. The van der Waals surface area contributed by atoms with E-state index in [1.807, 2.05) is 42.5 Å². The molecule has 4 rings (SSSR count). The van der Waals surface area contributed by atoms with E-state index in [1.54, 1.807) is 17.4 Å². The lowest BCUT2D eigenvalue weighted by Crippen LogP contribution is -2.38. The second-order valence-corrected chi connectivity index (χ2v) is 6.37. The first kappa shape index (κ1) is 15.3. The largest absolute Gasteiger partial charge is 0.424 e. The van der Waals surface area contributed by atoms with Gasteiger partial charge < -0.3 is 14.2 Å². The van der Waals surface area contributed by atoms with Crippen molar-refractivity contribution < 1.29 is 19.0 Å². The molecule has 6 heteroatoms. The Balaban J connectivity index is 1.63. The van der Waals surface area contributed by atoms with Crippen molar-refractivity contribution in [2.45, 2.75) is 6.10 Å². The van der Waals surface area contributed by atoms with Crippen LogP contribution in [0.25, 0.3) is 20.8 Å². The Bertz CT molecular complexity index is 837. The highest BCUT2D eigenvalue weighted by molar-refractivity contribution is 7.21. The van der Waals surface area contributed by atoms with E-state index in [1.165, 1.54) is 0 Å². The number of thiazole rings is 1. The molecule has 5 nitrogen and oxygen atoms in total. The zero-order chi connectivity index (χ0) is 16.4. The van der Waals surface area contributed by atoms with E-state index in [4.69, 9.17) is 14.2 Å². The number of carbonyl (C=O) groups is 1. The standard InChI is InChI=1S/C18H15NO4S/c20-18(15-11-21-9-10-22-15)23-14-7-3-1-5-12(14)17-19-13-6-2-4-8-16(13)24-17/h1-8,15H,9-11H2. The van der Waals surface area contributed by atoms with Gasteiger partial charge >= 0.3 is 5.97 Å². The third-order valence-corrected chi connectivity index (χ3v) is 4.77. The van der Waals surface area contributed by atoms with Gasteiger partial charge in [0.05, 0.1) is 35.6 Å². The minimum absolute atomic E-state index is 0.224. The van der Waals surface area contributed by atoms with Crippen LogP contribution in [0.15, 0.2) is 48.5 Å². The molecule has 2 heterocycles. The molecule has 0 amide bonds. The van der Waals surface area contributed by atoms with E-state index in [0.717, 1.165) is 20.8 Å². The third kappa shape index (κ3) is 3.03. The molecule has 3 aromatic rings. The summed E-state index contributed by atoms with van der Waals surface area (Å²) in [5.74, 6) is 0.0407. The Morgan fingerprint density at radius 1 is 1.12 bits per heavy atom. The van der Waals surface area contributed by atoms with Gasteiger partial charge in [0.25, 0.3) is 0 Å². The molecule has 1 saturated heterocycles. The minimum Gasteiger partial charge on any atom is -0.424 e. The van der Waals surface area contributed by atoms with Crippen LogP contribution in [0.3, 0.4) is 0 Å². The zero-order valence-electron chi connectivity index (χ0n) is 12.8. The lowest BCUT2D eigenvalue weighted by molar-refractivity contribution is -0.161. The van der Waals surface area contributed by atoms with Gasteiger partial charge in [-0.05, 0) is 24.3 Å². The summed E-state index contributed by atoms with van der Waals surface area (Å²) < 4.78 is 17.3. The molecule has 1 unspecified atom stereocenters. The highest BCUT2D eigenvalue weighted by atomic mass is 32.1. The van der Waals surface area contributed by atoms with E-state index in [-0.39, 0.29) is 6.61 Å². The van der Waals surface area contributed by atoms with Crippen LogP contribution in [-0.2, 0) is 14.3 Å². The van der Waals surface area contributed by atoms with Crippen molar-refractivity contribution in [2.24, 2.45) is 0 Å². The topological polar surface area (TPSA) is 57.7 Å². The molecule has 1 aliphatic rings. The second kappa shape index (κ2) is 6.68. The number of hydrogen-bond donors (Lipinski definition) is 0. The van der Waals surface area contributed by atoms with Gasteiger partial charge in [0.1, 0.15) is 10.8 Å². The summed E-state index contributed by atoms with van der Waals surface area (Å²) in [5, 5.41) is 0.820. The second-order valence-electron chi connectivity index (χ2n) is 5.34. The Kier molecular flexibility index (Phi) is 4.25. The number of fused-ring (bicyclic) bond motifs is 1. The number of ether oxygens (including phenoxy) is 3. The fraction of sp³-hybridized carbons (Fsp3) is 0.222.